The monoisotopic (exact) mass is 666 g/mol. The van der Waals surface area contributed by atoms with Crippen LogP contribution in [0, 0.1) is 10.1 Å². The van der Waals surface area contributed by atoms with E-state index >= 15 is 0 Å². The number of non-ortho nitro benzene ring substituents is 1. The zero-order valence-corrected chi connectivity index (χ0v) is 25.5. The zero-order chi connectivity index (χ0) is 35.1. The molecule has 1 aromatic carbocycles. The van der Waals surface area contributed by atoms with Crippen LogP contribution in [0.1, 0.15) is 64.7 Å². The number of aromatic nitrogens is 2. The first-order valence-electron chi connectivity index (χ1n) is 14.7. The number of benzene rings is 1. The Morgan fingerprint density at radius 1 is 0.830 bits per heavy atom. The highest BCUT2D eigenvalue weighted by atomic mass is 16.6. The van der Waals surface area contributed by atoms with Gasteiger partial charge in [0.2, 0.25) is 23.2 Å². The van der Waals surface area contributed by atoms with Crippen molar-refractivity contribution < 1.29 is 53.6 Å². The number of carboxylic acids is 3. The van der Waals surface area contributed by atoms with E-state index in [9.17, 15) is 49.1 Å². The highest BCUT2D eigenvalue weighted by molar-refractivity contribution is 5.93. The molecule has 0 aliphatic rings. The van der Waals surface area contributed by atoms with Crippen LogP contribution in [0.2, 0.25) is 0 Å². The van der Waals surface area contributed by atoms with Crippen LogP contribution in [0.3, 0.4) is 0 Å². The van der Waals surface area contributed by atoms with Crippen molar-refractivity contribution in [3.8, 4) is 0 Å². The number of anilines is 1. The van der Waals surface area contributed by atoms with Crippen LogP contribution in [-0.2, 0) is 28.8 Å². The van der Waals surface area contributed by atoms with Gasteiger partial charge in [0, 0.05) is 25.5 Å². The molecule has 3 amide bonds. The Balaban J connectivity index is 1.70. The topological polar surface area (TPSA) is 319 Å². The molecule has 2 unspecified atom stereocenters. The SMILES string of the molecule is C[C@H](NC(=O)CCCCCNc1ccc([N+](=O)[O-])c2nonc12)C(=O)N[C@H](CCC(=O)NC(CCCC(N)C(=O)O)C(=O)O)C(=O)O. The molecule has 2 rings (SSSR count). The molecular formula is C27H38N8O12. The van der Waals surface area contributed by atoms with Crippen LogP contribution >= 0.6 is 0 Å². The number of rotatable bonds is 22. The van der Waals surface area contributed by atoms with Crippen molar-refractivity contribution in [2.45, 2.75) is 88.9 Å². The maximum atomic E-state index is 12.5. The second-order valence-electron chi connectivity index (χ2n) is 10.6. The lowest BCUT2D eigenvalue weighted by Crippen LogP contribution is -2.50. The van der Waals surface area contributed by atoms with Crippen molar-refractivity contribution >= 4 is 58.0 Å². The van der Waals surface area contributed by atoms with E-state index in [0.29, 0.717) is 31.5 Å². The summed E-state index contributed by atoms with van der Waals surface area (Å²) in [6.07, 6.45) is 1.02. The molecule has 0 radical (unpaired) electrons. The summed E-state index contributed by atoms with van der Waals surface area (Å²) in [7, 11) is 0. The van der Waals surface area contributed by atoms with Gasteiger partial charge in [-0.2, -0.15) is 0 Å². The van der Waals surface area contributed by atoms with Gasteiger partial charge in [-0.25, -0.2) is 14.2 Å². The number of unbranched alkanes of at least 4 members (excludes halogenated alkanes) is 2. The Morgan fingerprint density at radius 3 is 2.11 bits per heavy atom. The highest BCUT2D eigenvalue weighted by Gasteiger charge is 2.26. The molecular weight excluding hydrogens is 628 g/mol. The van der Waals surface area contributed by atoms with E-state index in [1.165, 1.54) is 19.1 Å². The molecule has 4 atom stereocenters. The number of nitrogens with two attached hydrogens (primary N) is 1. The first kappa shape index (κ1) is 37.8. The fraction of sp³-hybridized carbons (Fsp3) is 0.556. The molecule has 258 valence electrons. The average molecular weight is 667 g/mol. The third-order valence-corrected chi connectivity index (χ3v) is 6.99. The van der Waals surface area contributed by atoms with Crippen LogP contribution in [0.25, 0.3) is 11.0 Å². The number of carbonyl (C=O) groups excluding carboxylic acids is 3. The number of hydrogen-bond donors (Lipinski definition) is 8. The molecule has 0 aliphatic carbocycles. The van der Waals surface area contributed by atoms with Gasteiger partial charge in [-0.15, -0.1) is 0 Å². The smallest absolute Gasteiger partial charge is 0.326 e. The first-order valence-corrected chi connectivity index (χ1v) is 14.7. The van der Waals surface area contributed by atoms with Gasteiger partial charge in [-0.05, 0) is 61.8 Å². The van der Waals surface area contributed by atoms with E-state index in [2.05, 4.69) is 36.2 Å². The van der Waals surface area contributed by atoms with Crippen LogP contribution < -0.4 is 27.0 Å². The molecule has 2 aromatic rings. The summed E-state index contributed by atoms with van der Waals surface area (Å²) in [5, 5.41) is 56.0. The Hall–Kier alpha value is -5.40. The number of carboxylic acid groups (broad SMARTS) is 3. The van der Waals surface area contributed by atoms with Gasteiger partial charge in [-0.1, -0.05) is 6.42 Å². The molecule has 1 heterocycles. The zero-order valence-electron chi connectivity index (χ0n) is 25.5. The molecule has 20 nitrogen and oxygen atoms in total. The van der Waals surface area contributed by atoms with Crippen molar-refractivity contribution in [1.29, 1.82) is 0 Å². The van der Waals surface area contributed by atoms with Gasteiger partial charge < -0.3 is 42.3 Å². The molecule has 0 saturated heterocycles. The van der Waals surface area contributed by atoms with E-state index in [1.54, 1.807) is 0 Å². The van der Waals surface area contributed by atoms with Gasteiger partial charge in [0.25, 0.3) is 0 Å². The molecule has 0 spiro atoms. The summed E-state index contributed by atoms with van der Waals surface area (Å²) in [6, 6.07) is -2.32. The van der Waals surface area contributed by atoms with Gasteiger partial charge in [0.15, 0.2) is 5.52 Å². The molecule has 0 fully saturated rings. The van der Waals surface area contributed by atoms with Crippen LogP contribution in [0.4, 0.5) is 11.4 Å². The normalized spacial score (nSPS) is 13.5. The lowest BCUT2D eigenvalue weighted by Gasteiger charge is -2.19. The summed E-state index contributed by atoms with van der Waals surface area (Å²) >= 11 is 0. The Labute approximate surface area is 266 Å². The van der Waals surface area contributed by atoms with Gasteiger partial charge >= 0.3 is 23.6 Å². The highest BCUT2D eigenvalue weighted by Crippen LogP contribution is 2.28. The third-order valence-electron chi connectivity index (χ3n) is 6.99. The number of nitro benzene ring substituents is 1. The van der Waals surface area contributed by atoms with Crippen LogP contribution in [0.5, 0.6) is 0 Å². The predicted molar refractivity (Wildman–Crippen MR) is 161 cm³/mol. The summed E-state index contributed by atoms with van der Waals surface area (Å²) < 4.78 is 4.62. The second-order valence-corrected chi connectivity index (χ2v) is 10.6. The number of hydrogen-bond acceptors (Lipinski definition) is 13. The quantitative estimate of drug-likeness (QED) is 0.0469. The van der Waals surface area contributed by atoms with E-state index in [1.807, 2.05) is 0 Å². The summed E-state index contributed by atoms with van der Waals surface area (Å²) in [5.74, 6) is -6.07. The maximum Gasteiger partial charge on any atom is 0.326 e. The Morgan fingerprint density at radius 2 is 1.47 bits per heavy atom. The number of aliphatic carboxylic acids is 3. The summed E-state index contributed by atoms with van der Waals surface area (Å²) in [5.41, 5.74) is 5.90. The van der Waals surface area contributed by atoms with Gasteiger partial charge in [0.1, 0.15) is 24.2 Å². The van der Waals surface area contributed by atoms with E-state index in [-0.39, 0.29) is 48.8 Å². The molecule has 9 N–H and O–H groups in total. The minimum absolute atomic E-state index is 0.00716. The van der Waals surface area contributed by atoms with Crippen molar-refractivity contribution in [3.63, 3.8) is 0 Å². The summed E-state index contributed by atoms with van der Waals surface area (Å²) in [6.45, 7) is 1.83. The average Bonchev–Trinajstić information content (AvgIpc) is 3.50. The van der Waals surface area contributed by atoms with E-state index < -0.39 is 71.1 Å². The van der Waals surface area contributed by atoms with Crippen LogP contribution in [0.15, 0.2) is 16.8 Å². The minimum Gasteiger partial charge on any atom is -0.480 e. The minimum atomic E-state index is -1.50. The number of amides is 3. The maximum absolute atomic E-state index is 12.5. The van der Waals surface area contributed by atoms with Crippen molar-refractivity contribution in [2.75, 3.05) is 11.9 Å². The Bertz CT molecular complexity index is 1450. The third kappa shape index (κ3) is 12.5. The number of fused-ring (bicyclic) bond motifs is 1. The standard InChI is InChI=1S/C27H38N8O12/c1-14(30-20(36)8-3-2-4-13-29-16-9-11-19(35(45)46)23-22(16)33-47-34-23)24(38)32-18(27(43)44)10-12-21(37)31-17(26(41)42)7-5-6-15(28)25(39)40/h9,11,14-15,17-18,29H,2-8,10,12-13,28H2,1H3,(H,30,36)(H,31,37)(H,32,38)(H,39,40)(H,41,42)(H,43,44)/t14-,15?,17?,18+/m0/s1. The van der Waals surface area contributed by atoms with Gasteiger partial charge in [0.05, 0.1) is 10.6 Å². The lowest BCUT2D eigenvalue weighted by atomic mass is 10.1. The first-order chi connectivity index (χ1) is 22.2. The number of nitrogens with zero attached hydrogens (tertiary/aromatic N) is 3. The van der Waals surface area contributed by atoms with E-state index in [4.69, 9.17) is 10.8 Å². The predicted octanol–water partition coefficient (Wildman–Crippen LogP) is 0.109. The fourth-order valence-electron chi connectivity index (χ4n) is 4.35. The fourth-order valence-corrected chi connectivity index (χ4v) is 4.35. The number of nitrogens with one attached hydrogen (secondary N) is 4. The number of nitro groups is 1. The van der Waals surface area contributed by atoms with Crippen molar-refractivity contribution in [3.05, 3.63) is 22.2 Å². The molecule has 0 saturated carbocycles. The number of carbonyl (C=O) groups is 6. The molecule has 0 aliphatic heterocycles. The van der Waals surface area contributed by atoms with Crippen LogP contribution in [-0.4, -0.2) is 96.9 Å². The molecule has 0 bridgehead atoms. The lowest BCUT2D eigenvalue weighted by molar-refractivity contribution is -0.383. The summed E-state index contributed by atoms with van der Waals surface area (Å²) in [4.78, 5) is 81.5. The molecule has 47 heavy (non-hydrogen) atoms. The van der Waals surface area contributed by atoms with Crippen molar-refractivity contribution in [1.82, 2.24) is 26.3 Å². The largest absolute Gasteiger partial charge is 0.480 e. The second kappa shape index (κ2) is 18.5. The van der Waals surface area contributed by atoms with Crippen molar-refractivity contribution in [2.24, 2.45) is 5.73 Å². The Kier molecular flexibility index (Phi) is 14.9. The molecule has 1 aromatic heterocycles. The van der Waals surface area contributed by atoms with Gasteiger partial charge in [-0.3, -0.25) is 29.3 Å². The van der Waals surface area contributed by atoms with E-state index in [0.717, 1.165) is 0 Å². The molecule has 20 heteroatoms.